The van der Waals surface area contributed by atoms with E-state index in [1.165, 1.54) is 19.2 Å². The molecule has 2 N–H and O–H groups in total. The number of pyridine rings is 1. The molecule has 43 heavy (non-hydrogen) atoms. The van der Waals surface area contributed by atoms with Crippen molar-refractivity contribution in [3.05, 3.63) is 77.2 Å². The monoisotopic (exact) mass is 592 g/mol. The van der Waals surface area contributed by atoms with Gasteiger partial charge < -0.3 is 24.6 Å². The van der Waals surface area contributed by atoms with E-state index in [1.807, 2.05) is 13.8 Å². The number of carbonyl (C=O) groups excluding carboxylic acids is 2. The minimum Gasteiger partial charge on any atom is -0.493 e. The Morgan fingerprint density at radius 3 is 2.26 bits per heavy atom. The number of carbonyl (C=O) groups is 2. The number of methoxy groups -OCH3 is 1. The number of nitrogens with zero attached hydrogens (tertiary/aromatic N) is 1. The summed E-state index contributed by atoms with van der Waals surface area (Å²) in [5, 5.41) is 14.5. The molecule has 0 spiro atoms. The van der Waals surface area contributed by atoms with Crippen molar-refractivity contribution in [2.24, 2.45) is 0 Å². The lowest BCUT2D eigenvalue weighted by Crippen LogP contribution is -2.44. The number of nitrogens with one attached hydrogen (secondary N) is 1. The van der Waals surface area contributed by atoms with Gasteiger partial charge in [0.05, 0.1) is 30.1 Å². The zero-order valence-electron chi connectivity index (χ0n) is 25.9. The standard InChI is InChI=1S/C34H41FN2O6/c1-32(2,3)43-31(39)37-33(4,5)23-19-26(21-8-11-24(35)12-9-21)36-30(20-23)34(6,40)17-16-27(38)22-10-15-28(29(18-22)41-7)42-25-13-14-25/h8-12,15,18-20,25,40H,13-14,16-17H2,1-7H3,(H,37,39). The van der Waals surface area contributed by atoms with Crippen molar-refractivity contribution in [2.75, 3.05) is 7.11 Å². The van der Waals surface area contributed by atoms with E-state index < -0.39 is 22.8 Å². The fourth-order valence-electron chi connectivity index (χ4n) is 4.50. The van der Waals surface area contributed by atoms with Crippen LogP contribution in [0, 0.1) is 5.82 Å². The van der Waals surface area contributed by atoms with Gasteiger partial charge >= 0.3 is 6.09 Å². The molecule has 4 rings (SSSR count). The first-order valence-electron chi connectivity index (χ1n) is 14.5. The molecule has 1 aliphatic rings. The lowest BCUT2D eigenvalue weighted by atomic mass is 9.87. The van der Waals surface area contributed by atoms with Crippen molar-refractivity contribution in [1.82, 2.24) is 10.3 Å². The zero-order chi connectivity index (χ0) is 31.6. The van der Waals surface area contributed by atoms with E-state index in [9.17, 15) is 19.1 Å². The van der Waals surface area contributed by atoms with E-state index in [1.54, 1.807) is 70.2 Å². The van der Waals surface area contributed by atoms with Crippen LogP contribution in [-0.4, -0.2) is 40.8 Å². The smallest absolute Gasteiger partial charge is 0.408 e. The van der Waals surface area contributed by atoms with Crippen LogP contribution >= 0.6 is 0 Å². The largest absolute Gasteiger partial charge is 0.493 e. The maximum Gasteiger partial charge on any atom is 0.408 e. The Labute approximate surface area is 252 Å². The molecule has 1 heterocycles. The van der Waals surface area contributed by atoms with Crippen LogP contribution in [0.3, 0.4) is 0 Å². The number of aliphatic hydroxyl groups is 1. The molecular weight excluding hydrogens is 551 g/mol. The molecule has 9 heteroatoms. The van der Waals surface area contributed by atoms with Crippen molar-refractivity contribution in [1.29, 1.82) is 0 Å². The molecule has 0 radical (unpaired) electrons. The maximum absolute atomic E-state index is 13.7. The Balaban J connectivity index is 1.60. The third-order valence-electron chi connectivity index (χ3n) is 7.19. The van der Waals surface area contributed by atoms with Gasteiger partial charge in [-0.05, 0) is 121 Å². The number of ketones is 1. The highest BCUT2D eigenvalue weighted by Gasteiger charge is 2.32. The number of rotatable bonds is 11. The number of benzene rings is 2. The molecular formula is C34H41FN2O6. The van der Waals surface area contributed by atoms with E-state index >= 15 is 0 Å². The van der Waals surface area contributed by atoms with Gasteiger partial charge in [-0.1, -0.05) is 0 Å². The Morgan fingerprint density at radius 2 is 1.65 bits per heavy atom. The van der Waals surface area contributed by atoms with Gasteiger partial charge in [0, 0.05) is 17.5 Å². The summed E-state index contributed by atoms with van der Waals surface area (Å²) in [6.45, 7) is 10.6. The summed E-state index contributed by atoms with van der Waals surface area (Å²) in [7, 11) is 1.53. The number of halogens is 1. The van der Waals surface area contributed by atoms with Crippen LogP contribution in [0.1, 0.15) is 88.8 Å². The van der Waals surface area contributed by atoms with E-state index in [0.29, 0.717) is 39.6 Å². The third-order valence-corrected chi connectivity index (χ3v) is 7.19. The van der Waals surface area contributed by atoms with Gasteiger partial charge in [-0.25, -0.2) is 14.2 Å². The molecule has 1 aromatic heterocycles. The van der Waals surface area contributed by atoms with Crippen molar-refractivity contribution >= 4 is 11.9 Å². The third kappa shape index (κ3) is 8.54. The molecule has 0 aliphatic heterocycles. The van der Waals surface area contributed by atoms with Crippen LogP contribution in [0.15, 0.2) is 54.6 Å². The van der Waals surface area contributed by atoms with Gasteiger partial charge in [0.15, 0.2) is 17.3 Å². The van der Waals surface area contributed by atoms with Crippen LogP contribution in [-0.2, 0) is 15.9 Å². The lowest BCUT2D eigenvalue weighted by Gasteiger charge is -2.31. The number of alkyl carbamates (subject to hydrolysis) is 1. The van der Waals surface area contributed by atoms with Crippen LogP contribution in [0.2, 0.25) is 0 Å². The van der Waals surface area contributed by atoms with E-state index in [0.717, 1.165) is 12.8 Å². The highest BCUT2D eigenvalue weighted by Crippen LogP contribution is 2.36. The van der Waals surface area contributed by atoms with Crippen LogP contribution in [0.4, 0.5) is 9.18 Å². The summed E-state index contributed by atoms with van der Waals surface area (Å²) in [6, 6.07) is 14.5. The zero-order valence-corrected chi connectivity index (χ0v) is 25.9. The van der Waals surface area contributed by atoms with E-state index in [4.69, 9.17) is 19.2 Å². The Bertz CT molecular complexity index is 1470. The average molecular weight is 593 g/mol. The van der Waals surface area contributed by atoms with Crippen LogP contribution in [0.5, 0.6) is 11.5 Å². The first-order valence-corrected chi connectivity index (χ1v) is 14.5. The van der Waals surface area contributed by atoms with Crippen LogP contribution < -0.4 is 14.8 Å². The molecule has 8 nitrogen and oxygen atoms in total. The van der Waals surface area contributed by atoms with Gasteiger partial charge in [0.2, 0.25) is 0 Å². The number of Topliss-reactive ketones (excluding diaryl/α,β-unsaturated/α-hetero) is 1. The fourth-order valence-corrected chi connectivity index (χ4v) is 4.50. The van der Waals surface area contributed by atoms with Gasteiger partial charge in [0.25, 0.3) is 0 Å². The summed E-state index contributed by atoms with van der Waals surface area (Å²) in [5.41, 5.74) is -0.616. The number of hydrogen-bond acceptors (Lipinski definition) is 7. The van der Waals surface area contributed by atoms with Crippen molar-refractivity contribution < 1.29 is 33.3 Å². The van der Waals surface area contributed by atoms with E-state index in [2.05, 4.69) is 5.32 Å². The molecule has 0 bridgehead atoms. The molecule has 1 aliphatic carbocycles. The molecule has 1 unspecified atom stereocenters. The molecule has 1 atom stereocenters. The Hall–Kier alpha value is -3.98. The SMILES string of the molecule is COc1cc(C(=O)CCC(C)(O)c2cc(C(C)(C)NC(=O)OC(C)(C)C)cc(-c3ccc(F)cc3)n2)ccc1OC1CC1. The quantitative estimate of drug-likeness (QED) is 0.229. The summed E-state index contributed by atoms with van der Waals surface area (Å²) in [4.78, 5) is 30.6. The highest BCUT2D eigenvalue weighted by molar-refractivity contribution is 5.96. The van der Waals surface area contributed by atoms with Crippen LogP contribution in [0.25, 0.3) is 11.3 Å². The number of hydrogen-bond donors (Lipinski definition) is 2. The minimum absolute atomic E-state index is 0.0380. The van der Waals surface area contributed by atoms with E-state index in [-0.39, 0.29) is 30.5 Å². The predicted octanol–water partition coefficient (Wildman–Crippen LogP) is 7.07. The summed E-state index contributed by atoms with van der Waals surface area (Å²) < 4.78 is 30.5. The van der Waals surface area contributed by atoms with Crippen molar-refractivity contribution in [3.8, 4) is 22.8 Å². The number of ether oxygens (including phenoxy) is 3. The molecule has 3 aromatic rings. The topological polar surface area (TPSA) is 107 Å². The molecule has 1 saturated carbocycles. The van der Waals surface area contributed by atoms with Crippen molar-refractivity contribution in [3.63, 3.8) is 0 Å². The number of aromatic nitrogens is 1. The second kappa shape index (κ2) is 12.3. The molecule has 230 valence electrons. The summed E-state index contributed by atoms with van der Waals surface area (Å²) >= 11 is 0. The predicted molar refractivity (Wildman–Crippen MR) is 162 cm³/mol. The summed E-state index contributed by atoms with van der Waals surface area (Å²) in [5.74, 6) is 0.535. The molecule has 1 amide bonds. The lowest BCUT2D eigenvalue weighted by molar-refractivity contribution is 0.0394. The van der Waals surface area contributed by atoms with Crippen molar-refractivity contribution in [2.45, 2.75) is 90.1 Å². The van der Waals surface area contributed by atoms with Gasteiger partial charge in [0.1, 0.15) is 17.0 Å². The maximum atomic E-state index is 13.7. The summed E-state index contributed by atoms with van der Waals surface area (Å²) in [6.07, 6.45) is 1.72. The first kappa shape index (κ1) is 31.9. The van der Waals surface area contributed by atoms with Gasteiger partial charge in [-0.15, -0.1) is 0 Å². The molecule has 0 saturated heterocycles. The fraction of sp³-hybridized carbons (Fsp3) is 0.441. The average Bonchev–Trinajstić information content (AvgIpc) is 3.75. The van der Waals surface area contributed by atoms with Gasteiger partial charge in [-0.3, -0.25) is 4.79 Å². The Kier molecular flexibility index (Phi) is 9.16. The second-order valence-electron chi connectivity index (χ2n) is 12.8. The first-order chi connectivity index (χ1) is 20.1. The van der Waals surface area contributed by atoms with Gasteiger partial charge in [-0.2, -0.15) is 0 Å². The Morgan fingerprint density at radius 1 is 0.977 bits per heavy atom. The number of amides is 1. The minimum atomic E-state index is -1.51. The molecule has 1 fully saturated rings. The highest BCUT2D eigenvalue weighted by atomic mass is 19.1. The second-order valence-corrected chi connectivity index (χ2v) is 12.8. The normalized spacial score (nSPS) is 14.9. The molecule has 2 aromatic carbocycles.